The van der Waals surface area contributed by atoms with Crippen LogP contribution in [0.1, 0.15) is 15.9 Å². The number of hydrogen-bond donors (Lipinski definition) is 1. The summed E-state index contributed by atoms with van der Waals surface area (Å²) in [5.74, 6) is 0.573. The highest BCUT2D eigenvalue weighted by Gasteiger charge is 2.22. The lowest BCUT2D eigenvalue weighted by atomic mass is 10.1. The predicted octanol–water partition coefficient (Wildman–Crippen LogP) is 3.28. The summed E-state index contributed by atoms with van der Waals surface area (Å²) in [6.45, 7) is 4.70. The number of fused-ring (bicyclic) bond motifs is 1. The first-order valence-corrected chi connectivity index (χ1v) is 10.3. The molecule has 154 valence electrons. The number of anilines is 1. The molecule has 2 heterocycles. The standard InChI is InChI=1S/C23H23ClN4O2/c1-16-14-21(26-20-5-3-2-4-19(16)20)27-10-12-28(13-11-27)22(29)15-25-23(30)17-6-8-18(24)9-7-17/h2-9,14H,10-13,15H2,1H3,(H,25,30). The molecule has 1 aliphatic heterocycles. The molecule has 0 spiro atoms. The molecule has 0 aliphatic carbocycles. The Morgan fingerprint density at radius 1 is 1.03 bits per heavy atom. The van der Waals surface area contributed by atoms with Crippen molar-refractivity contribution in [2.24, 2.45) is 0 Å². The van der Waals surface area contributed by atoms with Crippen LogP contribution in [0, 0.1) is 6.92 Å². The number of carbonyl (C=O) groups excluding carboxylic acids is 2. The molecule has 1 N–H and O–H groups in total. The second kappa shape index (κ2) is 8.71. The summed E-state index contributed by atoms with van der Waals surface area (Å²) < 4.78 is 0. The zero-order valence-electron chi connectivity index (χ0n) is 16.8. The van der Waals surface area contributed by atoms with Crippen LogP contribution in [-0.2, 0) is 4.79 Å². The topological polar surface area (TPSA) is 65.5 Å². The van der Waals surface area contributed by atoms with E-state index in [1.807, 2.05) is 18.2 Å². The molecule has 0 unspecified atom stereocenters. The van der Waals surface area contributed by atoms with Crippen molar-refractivity contribution >= 4 is 40.1 Å². The third-order valence-corrected chi connectivity index (χ3v) is 5.62. The third kappa shape index (κ3) is 4.39. The van der Waals surface area contributed by atoms with E-state index in [9.17, 15) is 9.59 Å². The number of amides is 2. The van der Waals surface area contributed by atoms with E-state index in [1.54, 1.807) is 29.2 Å². The van der Waals surface area contributed by atoms with Crippen LogP contribution in [0.3, 0.4) is 0 Å². The van der Waals surface area contributed by atoms with E-state index in [0.29, 0.717) is 36.8 Å². The lowest BCUT2D eigenvalue weighted by Crippen LogP contribution is -2.51. The van der Waals surface area contributed by atoms with Gasteiger partial charge in [0, 0.05) is 42.2 Å². The van der Waals surface area contributed by atoms with Gasteiger partial charge in [0.25, 0.3) is 5.91 Å². The van der Waals surface area contributed by atoms with Gasteiger partial charge >= 0.3 is 0 Å². The second-order valence-electron chi connectivity index (χ2n) is 7.37. The SMILES string of the molecule is Cc1cc(N2CCN(C(=O)CNC(=O)c3ccc(Cl)cc3)CC2)nc2ccccc12. The van der Waals surface area contributed by atoms with Gasteiger partial charge in [0.15, 0.2) is 0 Å². The van der Waals surface area contributed by atoms with Crippen LogP contribution in [0.25, 0.3) is 10.9 Å². The number of pyridine rings is 1. The van der Waals surface area contributed by atoms with E-state index in [2.05, 4.69) is 29.3 Å². The van der Waals surface area contributed by atoms with Crippen LogP contribution < -0.4 is 10.2 Å². The van der Waals surface area contributed by atoms with Crippen LogP contribution in [0.15, 0.2) is 54.6 Å². The minimum absolute atomic E-state index is 0.0191. The predicted molar refractivity (Wildman–Crippen MR) is 119 cm³/mol. The van der Waals surface area contributed by atoms with Crippen molar-refractivity contribution < 1.29 is 9.59 Å². The Balaban J connectivity index is 1.32. The van der Waals surface area contributed by atoms with Gasteiger partial charge < -0.3 is 15.1 Å². The van der Waals surface area contributed by atoms with E-state index in [-0.39, 0.29) is 18.4 Å². The Morgan fingerprint density at radius 3 is 2.47 bits per heavy atom. The summed E-state index contributed by atoms with van der Waals surface area (Å²) in [7, 11) is 0. The number of piperazine rings is 1. The van der Waals surface area contributed by atoms with Crippen LogP contribution in [0.2, 0.25) is 5.02 Å². The number of rotatable bonds is 4. The molecule has 1 aliphatic rings. The Kier molecular flexibility index (Phi) is 5.86. The Morgan fingerprint density at radius 2 is 1.73 bits per heavy atom. The third-order valence-electron chi connectivity index (χ3n) is 5.37. The fourth-order valence-corrected chi connectivity index (χ4v) is 3.78. The molecule has 1 fully saturated rings. The molecule has 30 heavy (non-hydrogen) atoms. The molecule has 0 bridgehead atoms. The fourth-order valence-electron chi connectivity index (χ4n) is 3.65. The first-order chi connectivity index (χ1) is 14.5. The van der Waals surface area contributed by atoms with Gasteiger partial charge in [-0.25, -0.2) is 4.98 Å². The van der Waals surface area contributed by atoms with Gasteiger partial charge in [0.2, 0.25) is 5.91 Å². The summed E-state index contributed by atoms with van der Waals surface area (Å²) in [6, 6.07) is 16.8. The fraction of sp³-hybridized carbons (Fsp3) is 0.261. The zero-order chi connectivity index (χ0) is 21.1. The maximum atomic E-state index is 12.5. The van der Waals surface area contributed by atoms with Gasteiger partial charge in [0.05, 0.1) is 12.1 Å². The normalized spacial score (nSPS) is 14.1. The Hall–Kier alpha value is -3.12. The lowest BCUT2D eigenvalue weighted by Gasteiger charge is -2.35. The molecule has 1 aromatic heterocycles. The maximum absolute atomic E-state index is 12.5. The van der Waals surface area contributed by atoms with Gasteiger partial charge in [-0.2, -0.15) is 0 Å². The highest BCUT2D eigenvalue weighted by molar-refractivity contribution is 6.30. The minimum Gasteiger partial charge on any atom is -0.353 e. The maximum Gasteiger partial charge on any atom is 0.251 e. The summed E-state index contributed by atoms with van der Waals surface area (Å²) in [5.41, 5.74) is 2.66. The van der Waals surface area contributed by atoms with Gasteiger partial charge in [0.1, 0.15) is 5.82 Å². The van der Waals surface area contributed by atoms with Crippen molar-refractivity contribution in [3.05, 3.63) is 70.7 Å². The van der Waals surface area contributed by atoms with Crippen molar-refractivity contribution in [1.82, 2.24) is 15.2 Å². The molecular weight excluding hydrogens is 400 g/mol. The number of nitrogens with zero attached hydrogens (tertiary/aromatic N) is 3. The van der Waals surface area contributed by atoms with Crippen LogP contribution in [0.5, 0.6) is 0 Å². The molecule has 1 saturated heterocycles. The van der Waals surface area contributed by atoms with Crippen molar-refractivity contribution in [3.8, 4) is 0 Å². The average Bonchev–Trinajstić information content (AvgIpc) is 2.78. The van der Waals surface area contributed by atoms with Crippen LogP contribution in [-0.4, -0.2) is 54.4 Å². The van der Waals surface area contributed by atoms with E-state index in [0.717, 1.165) is 16.7 Å². The molecule has 2 aromatic carbocycles. The summed E-state index contributed by atoms with van der Waals surface area (Å²) in [6.07, 6.45) is 0. The highest BCUT2D eigenvalue weighted by atomic mass is 35.5. The first kappa shape index (κ1) is 20.2. The first-order valence-electron chi connectivity index (χ1n) is 9.94. The molecule has 0 saturated carbocycles. The highest BCUT2D eigenvalue weighted by Crippen LogP contribution is 2.23. The zero-order valence-corrected chi connectivity index (χ0v) is 17.5. The second-order valence-corrected chi connectivity index (χ2v) is 7.81. The van der Waals surface area contributed by atoms with Gasteiger partial charge in [-0.1, -0.05) is 29.8 Å². The monoisotopic (exact) mass is 422 g/mol. The molecule has 2 amide bonds. The van der Waals surface area contributed by atoms with Crippen molar-refractivity contribution in [2.45, 2.75) is 6.92 Å². The number of benzene rings is 2. The molecule has 4 rings (SSSR count). The van der Waals surface area contributed by atoms with Crippen molar-refractivity contribution in [2.75, 3.05) is 37.6 Å². The van der Waals surface area contributed by atoms with Gasteiger partial charge in [-0.05, 0) is 48.9 Å². The Bertz CT molecular complexity index is 1080. The average molecular weight is 423 g/mol. The number of nitrogens with one attached hydrogen (secondary N) is 1. The number of halogens is 1. The lowest BCUT2D eigenvalue weighted by molar-refractivity contribution is -0.130. The van der Waals surface area contributed by atoms with E-state index < -0.39 is 0 Å². The molecule has 0 atom stereocenters. The van der Waals surface area contributed by atoms with Gasteiger partial charge in [-0.15, -0.1) is 0 Å². The van der Waals surface area contributed by atoms with E-state index >= 15 is 0 Å². The minimum atomic E-state index is -0.283. The van der Waals surface area contributed by atoms with Crippen LogP contribution in [0.4, 0.5) is 5.82 Å². The number of para-hydroxylation sites is 1. The van der Waals surface area contributed by atoms with E-state index in [4.69, 9.17) is 16.6 Å². The van der Waals surface area contributed by atoms with Crippen molar-refractivity contribution in [1.29, 1.82) is 0 Å². The molecular formula is C23H23ClN4O2. The largest absolute Gasteiger partial charge is 0.353 e. The number of carbonyl (C=O) groups is 2. The number of aryl methyl sites for hydroxylation is 1. The Labute approximate surface area is 180 Å². The summed E-state index contributed by atoms with van der Waals surface area (Å²) >= 11 is 5.84. The molecule has 7 heteroatoms. The molecule has 3 aromatic rings. The molecule has 6 nitrogen and oxygen atoms in total. The number of aromatic nitrogens is 1. The summed E-state index contributed by atoms with van der Waals surface area (Å²) in [5, 5.41) is 4.41. The quantitative estimate of drug-likeness (QED) is 0.700. The van der Waals surface area contributed by atoms with E-state index in [1.165, 1.54) is 5.56 Å². The van der Waals surface area contributed by atoms with Crippen LogP contribution >= 0.6 is 11.6 Å². The van der Waals surface area contributed by atoms with Crippen molar-refractivity contribution in [3.63, 3.8) is 0 Å². The molecule has 0 radical (unpaired) electrons. The van der Waals surface area contributed by atoms with Gasteiger partial charge in [-0.3, -0.25) is 9.59 Å². The summed E-state index contributed by atoms with van der Waals surface area (Å²) in [4.78, 5) is 33.5. The smallest absolute Gasteiger partial charge is 0.251 e. The number of hydrogen-bond acceptors (Lipinski definition) is 4.